The second-order valence-electron chi connectivity index (χ2n) is 9.87. The van der Waals surface area contributed by atoms with Gasteiger partial charge in [-0.2, -0.15) is 0 Å². The molecule has 1 aliphatic rings. The Morgan fingerprint density at radius 2 is 1.66 bits per heavy atom. The maximum Gasteiger partial charge on any atom is 0.238 e. The summed E-state index contributed by atoms with van der Waals surface area (Å²) in [7, 11) is 0. The number of anilines is 1. The number of aromatic hydroxyl groups is 1. The zero-order valence-electron chi connectivity index (χ0n) is 21.2. The maximum absolute atomic E-state index is 13.0. The number of hydrogen-bond acceptors (Lipinski definition) is 6. The molecule has 1 aromatic heterocycles. The molecule has 1 fully saturated rings. The van der Waals surface area contributed by atoms with Gasteiger partial charge in [-0.3, -0.25) is 18.6 Å². The number of fused-ring (bicyclic) bond motifs is 1. The lowest BCUT2D eigenvalue weighted by Crippen LogP contribution is -2.49. The van der Waals surface area contributed by atoms with Gasteiger partial charge in [-0.1, -0.05) is 39.8 Å². The number of carbonyl (C=O) groups is 1. The molecule has 35 heavy (non-hydrogen) atoms. The molecule has 0 atom stereocenters. The summed E-state index contributed by atoms with van der Waals surface area (Å²) in [6.45, 7) is 13.4. The van der Waals surface area contributed by atoms with Crippen LogP contribution in [0.2, 0.25) is 0 Å². The average molecular weight is 496 g/mol. The third-order valence-corrected chi connectivity index (χ3v) is 7.52. The summed E-state index contributed by atoms with van der Waals surface area (Å²) in [5, 5.41) is 13.3. The van der Waals surface area contributed by atoms with Crippen molar-refractivity contribution in [2.45, 2.75) is 39.5 Å². The lowest BCUT2D eigenvalue weighted by molar-refractivity contribution is -0.117. The number of hydrogen-bond donors (Lipinski definition) is 2. The highest BCUT2D eigenvalue weighted by molar-refractivity contribution is 7.98. The number of imidazole rings is 1. The summed E-state index contributed by atoms with van der Waals surface area (Å²) in [5.74, 6) is 1.67. The van der Waals surface area contributed by atoms with Crippen molar-refractivity contribution in [2.24, 2.45) is 0 Å². The molecule has 1 amide bonds. The first-order valence-corrected chi connectivity index (χ1v) is 13.4. The minimum Gasteiger partial charge on any atom is -0.508 e. The Kier molecular flexibility index (Phi) is 8.36. The van der Waals surface area contributed by atoms with Gasteiger partial charge < -0.3 is 10.4 Å². The van der Waals surface area contributed by atoms with Crippen LogP contribution >= 0.6 is 11.9 Å². The highest BCUT2D eigenvalue weighted by atomic mass is 32.2. The summed E-state index contributed by atoms with van der Waals surface area (Å²) < 4.78 is 2.15. The molecule has 0 unspecified atom stereocenters. The summed E-state index contributed by atoms with van der Waals surface area (Å²) in [6, 6.07) is 11.7. The van der Waals surface area contributed by atoms with Crippen molar-refractivity contribution in [3.8, 4) is 5.75 Å². The van der Waals surface area contributed by atoms with Crippen molar-refractivity contribution in [3.05, 3.63) is 53.9 Å². The fraction of sp³-hybridized carbons (Fsp3) is 0.481. The summed E-state index contributed by atoms with van der Waals surface area (Å²) in [4.78, 5) is 22.1. The van der Waals surface area contributed by atoms with Crippen LogP contribution in [0.1, 0.15) is 50.7 Å². The van der Waals surface area contributed by atoms with Crippen molar-refractivity contribution < 1.29 is 9.90 Å². The van der Waals surface area contributed by atoms with Crippen LogP contribution in [-0.2, 0) is 4.79 Å². The number of carbonyl (C=O) groups excluding carboxylic acids is 1. The number of para-hydroxylation sites is 2. The van der Waals surface area contributed by atoms with Gasteiger partial charge in [0.25, 0.3) is 0 Å². The van der Waals surface area contributed by atoms with E-state index in [4.69, 9.17) is 0 Å². The van der Waals surface area contributed by atoms with Crippen molar-refractivity contribution >= 4 is 34.6 Å². The number of rotatable bonds is 9. The molecule has 1 aliphatic heterocycles. The third kappa shape index (κ3) is 6.37. The van der Waals surface area contributed by atoms with Crippen molar-refractivity contribution in [1.82, 2.24) is 18.8 Å². The lowest BCUT2D eigenvalue weighted by atomic mass is 9.92. The van der Waals surface area contributed by atoms with Gasteiger partial charge in [0.1, 0.15) is 12.1 Å². The number of benzene rings is 2. The standard InChI is InChI=1S/C27H37N5O2S/c1-19(2)22-15-21(33)16-23(20(3)4)27(22)29-26(34)17-31-11-9-30(10-12-31)13-14-35-32-18-28-24-7-5-6-8-25(24)32/h5-8,15-16,18-20,33H,9-14,17H2,1-4H3,(H,29,34). The molecule has 188 valence electrons. The minimum absolute atomic E-state index is 0.00970. The van der Waals surface area contributed by atoms with Crippen molar-refractivity contribution in [3.63, 3.8) is 0 Å². The molecule has 0 spiro atoms. The predicted molar refractivity (Wildman–Crippen MR) is 145 cm³/mol. The maximum atomic E-state index is 13.0. The number of phenolic OH excluding ortho intramolecular Hbond substituents is 1. The first kappa shape index (κ1) is 25.5. The fourth-order valence-electron chi connectivity index (χ4n) is 4.59. The van der Waals surface area contributed by atoms with Crippen LogP contribution in [0, 0.1) is 0 Å². The zero-order valence-corrected chi connectivity index (χ0v) is 22.0. The Bertz CT molecular complexity index is 1120. The Labute approximate surface area is 212 Å². The molecule has 4 rings (SSSR count). The van der Waals surface area contributed by atoms with Crippen LogP contribution in [0.3, 0.4) is 0 Å². The number of nitrogens with one attached hydrogen (secondary N) is 1. The van der Waals surface area contributed by atoms with E-state index in [-0.39, 0.29) is 23.5 Å². The minimum atomic E-state index is 0.00970. The predicted octanol–water partition coefficient (Wildman–Crippen LogP) is 4.74. The van der Waals surface area contributed by atoms with Crippen LogP contribution in [0.25, 0.3) is 11.0 Å². The third-order valence-electron chi connectivity index (χ3n) is 6.58. The fourth-order valence-corrected chi connectivity index (χ4v) is 5.53. The van der Waals surface area contributed by atoms with Crippen molar-refractivity contribution in [1.29, 1.82) is 0 Å². The lowest BCUT2D eigenvalue weighted by Gasteiger charge is -2.34. The molecule has 0 saturated carbocycles. The van der Waals surface area contributed by atoms with E-state index in [1.54, 1.807) is 24.1 Å². The van der Waals surface area contributed by atoms with Gasteiger partial charge in [-0.05, 0) is 59.2 Å². The quantitative estimate of drug-likeness (QED) is 0.418. The van der Waals surface area contributed by atoms with Gasteiger partial charge >= 0.3 is 0 Å². The van der Waals surface area contributed by atoms with E-state index in [0.717, 1.165) is 66.3 Å². The van der Waals surface area contributed by atoms with Gasteiger partial charge in [0.15, 0.2) is 0 Å². The molecular formula is C27H37N5O2S. The molecule has 3 aromatic rings. The highest BCUT2D eigenvalue weighted by Crippen LogP contribution is 2.36. The molecule has 2 aromatic carbocycles. The van der Waals surface area contributed by atoms with E-state index in [2.05, 4.69) is 57.8 Å². The summed E-state index contributed by atoms with van der Waals surface area (Å²) in [5.41, 5.74) is 5.01. The van der Waals surface area contributed by atoms with Gasteiger partial charge in [-0.15, -0.1) is 0 Å². The molecule has 8 heteroatoms. The second kappa shape index (κ2) is 11.5. The summed E-state index contributed by atoms with van der Waals surface area (Å²) >= 11 is 1.79. The molecule has 0 aliphatic carbocycles. The van der Waals surface area contributed by atoms with E-state index in [1.807, 2.05) is 24.5 Å². The Hall–Kier alpha value is -2.55. The Morgan fingerprint density at radius 3 is 2.31 bits per heavy atom. The van der Waals surface area contributed by atoms with E-state index in [1.165, 1.54) is 0 Å². The van der Waals surface area contributed by atoms with Crippen LogP contribution in [0.15, 0.2) is 42.7 Å². The summed E-state index contributed by atoms with van der Waals surface area (Å²) in [6.07, 6.45) is 1.90. The molecular weight excluding hydrogens is 458 g/mol. The number of aromatic nitrogens is 2. The Morgan fingerprint density at radius 1 is 1.03 bits per heavy atom. The van der Waals surface area contributed by atoms with E-state index >= 15 is 0 Å². The first-order chi connectivity index (χ1) is 16.8. The molecule has 7 nitrogen and oxygen atoms in total. The van der Waals surface area contributed by atoms with Gasteiger partial charge in [-0.25, -0.2) is 4.98 Å². The van der Waals surface area contributed by atoms with Gasteiger partial charge in [0.2, 0.25) is 5.91 Å². The van der Waals surface area contributed by atoms with Crippen molar-refractivity contribution in [2.75, 3.05) is 50.3 Å². The van der Waals surface area contributed by atoms with E-state index in [9.17, 15) is 9.90 Å². The van der Waals surface area contributed by atoms with Crippen LogP contribution in [0.5, 0.6) is 5.75 Å². The van der Waals surface area contributed by atoms with Crippen LogP contribution in [-0.4, -0.2) is 74.8 Å². The number of nitrogens with zero attached hydrogens (tertiary/aromatic N) is 4. The monoisotopic (exact) mass is 495 g/mol. The highest BCUT2D eigenvalue weighted by Gasteiger charge is 2.22. The topological polar surface area (TPSA) is 73.6 Å². The largest absolute Gasteiger partial charge is 0.508 e. The first-order valence-electron chi connectivity index (χ1n) is 12.5. The Balaban J connectivity index is 1.26. The van der Waals surface area contributed by atoms with Gasteiger partial charge in [0, 0.05) is 44.2 Å². The molecule has 0 bridgehead atoms. The second-order valence-corrected chi connectivity index (χ2v) is 10.9. The normalized spacial score (nSPS) is 15.4. The molecule has 1 saturated heterocycles. The van der Waals surface area contributed by atoms with Crippen LogP contribution < -0.4 is 5.32 Å². The number of phenols is 1. The SMILES string of the molecule is CC(C)c1cc(O)cc(C(C)C)c1NC(=O)CN1CCN(CCSn2cnc3ccccc32)CC1. The smallest absolute Gasteiger partial charge is 0.238 e. The number of piperazine rings is 1. The molecule has 2 N–H and O–H groups in total. The van der Waals surface area contributed by atoms with Gasteiger partial charge in [0.05, 0.1) is 17.6 Å². The average Bonchev–Trinajstić information content (AvgIpc) is 3.24. The van der Waals surface area contributed by atoms with E-state index in [0.29, 0.717) is 6.54 Å². The number of amides is 1. The zero-order chi connectivity index (χ0) is 24.9. The molecule has 2 heterocycles. The van der Waals surface area contributed by atoms with E-state index < -0.39 is 0 Å². The molecule has 0 radical (unpaired) electrons. The van der Waals surface area contributed by atoms with Crippen LogP contribution in [0.4, 0.5) is 5.69 Å².